The molecule has 1 N–H and O–H groups in total. The number of pyridine rings is 1. The number of benzene rings is 1. The first kappa shape index (κ1) is 14.4. The van der Waals surface area contributed by atoms with Gasteiger partial charge in [0.1, 0.15) is 11.5 Å². The predicted molar refractivity (Wildman–Crippen MR) is 89.3 cm³/mol. The Kier molecular flexibility index (Phi) is 3.67. The molecule has 3 aromatic rings. The summed E-state index contributed by atoms with van der Waals surface area (Å²) in [5.74, 6) is 1.29. The van der Waals surface area contributed by atoms with Gasteiger partial charge in [-0.2, -0.15) is 10.4 Å². The summed E-state index contributed by atoms with van der Waals surface area (Å²) >= 11 is 0. The van der Waals surface area contributed by atoms with Gasteiger partial charge in [0.05, 0.1) is 11.7 Å². The summed E-state index contributed by atoms with van der Waals surface area (Å²) in [6.45, 7) is 0.777. The molecule has 118 valence electrons. The molecule has 1 aromatic carbocycles. The van der Waals surface area contributed by atoms with Crippen molar-refractivity contribution in [2.24, 2.45) is 0 Å². The van der Waals surface area contributed by atoms with Gasteiger partial charge in [-0.3, -0.25) is 10.00 Å². The van der Waals surface area contributed by atoms with E-state index in [9.17, 15) is 5.26 Å². The summed E-state index contributed by atoms with van der Waals surface area (Å²) < 4.78 is 0. The van der Waals surface area contributed by atoms with E-state index in [1.54, 1.807) is 4.90 Å². The van der Waals surface area contributed by atoms with E-state index < -0.39 is 0 Å². The van der Waals surface area contributed by atoms with Crippen LogP contribution in [0.3, 0.4) is 0 Å². The van der Waals surface area contributed by atoms with E-state index in [0.29, 0.717) is 5.82 Å². The third kappa shape index (κ3) is 2.61. The lowest BCUT2D eigenvalue weighted by Gasteiger charge is -2.14. The standard InChI is InChI=1S/C18H16N6/c19-12-24-11-5-10-16(24)18-21-17(22-23-18)15-9-4-8-14(20-15)13-6-2-1-3-7-13/h1-4,6-9,16H,5,10-11H2,(H,21,22,23). The maximum atomic E-state index is 9.19. The van der Waals surface area contributed by atoms with Gasteiger partial charge in [-0.05, 0) is 25.0 Å². The zero-order valence-electron chi connectivity index (χ0n) is 13.1. The highest BCUT2D eigenvalue weighted by molar-refractivity contribution is 5.62. The lowest BCUT2D eigenvalue weighted by Crippen LogP contribution is -2.18. The molecule has 0 aliphatic carbocycles. The van der Waals surface area contributed by atoms with Crippen molar-refractivity contribution in [3.8, 4) is 29.0 Å². The molecule has 6 heteroatoms. The third-order valence-corrected chi connectivity index (χ3v) is 4.25. The molecule has 2 aromatic heterocycles. The van der Waals surface area contributed by atoms with E-state index in [2.05, 4.69) is 26.4 Å². The molecule has 0 spiro atoms. The Morgan fingerprint density at radius 2 is 1.88 bits per heavy atom. The first-order valence-corrected chi connectivity index (χ1v) is 7.96. The van der Waals surface area contributed by atoms with Gasteiger partial charge in [-0.15, -0.1) is 0 Å². The molecule has 0 saturated carbocycles. The van der Waals surface area contributed by atoms with Gasteiger partial charge in [0.15, 0.2) is 12.0 Å². The molecule has 1 aliphatic rings. The van der Waals surface area contributed by atoms with E-state index in [0.717, 1.165) is 42.2 Å². The van der Waals surface area contributed by atoms with Crippen LogP contribution in [-0.4, -0.2) is 31.6 Å². The quantitative estimate of drug-likeness (QED) is 0.751. The summed E-state index contributed by atoms with van der Waals surface area (Å²) in [5.41, 5.74) is 2.67. The molecule has 1 saturated heterocycles. The van der Waals surface area contributed by atoms with Gasteiger partial charge in [0.2, 0.25) is 0 Å². The van der Waals surface area contributed by atoms with Gasteiger partial charge in [0, 0.05) is 12.1 Å². The number of aromatic amines is 1. The Bertz CT molecular complexity index is 880. The van der Waals surface area contributed by atoms with Crippen molar-refractivity contribution in [3.05, 3.63) is 54.4 Å². The zero-order valence-corrected chi connectivity index (χ0v) is 13.1. The Morgan fingerprint density at radius 3 is 2.71 bits per heavy atom. The smallest absolute Gasteiger partial charge is 0.199 e. The van der Waals surface area contributed by atoms with Crippen LogP contribution in [0.15, 0.2) is 48.5 Å². The van der Waals surface area contributed by atoms with Gasteiger partial charge < -0.3 is 0 Å². The van der Waals surface area contributed by atoms with E-state index in [1.807, 2.05) is 48.5 Å². The molecule has 1 fully saturated rings. The number of hydrogen-bond donors (Lipinski definition) is 1. The van der Waals surface area contributed by atoms with Crippen LogP contribution in [-0.2, 0) is 0 Å². The topological polar surface area (TPSA) is 81.5 Å². The van der Waals surface area contributed by atoms with Crippen molar-refractivity contribution in [1.82, 2.24) is 25.1 Å². The van der Waals surface area contributed by atoms with Crippen LogP contribution in [0.1, 0.15) is 24.7 Å². The van der Waals surface area contributed by atoms with Crippen LogP contribution >= 0.6 is 0 Å². The maximum Gasteiger partial charge on any atom is 0.199 e. The van der Waals surface area contributed by atoms with Crippen molar-refractivity contribution in [2.75, 3.05) is 6.54 Å². The number of nitrogens with zero attached hydrogens (tertiary/aromatic N) is 5. The van der Waals surface area contributed by atoms with Gasteiger partial charge in [0.25, 0.3) is 0 Å². The zero-order chi connectivity index (χ0) is 16.4. The van der Waals surface area contributed by atoms with Crippen LogP contribution < -0.4 is 0 Å². The monoisotopic (exact) mass is 316 g/mol. The van der Waals surface area contributed by atoms with Crippen molar-refractivity contribution >= 4 is 0 Å². The molecule has 1 aliphatic heterocycles. The SMILES string of the molecule is N#CN1CCCC1c1nc(-c2cccc(-c3ccccc3)n2)n[nH]1. The summed E-state index contributed by atoms with van der Waals surface area (Å²) in [7, 11) is 0. The van der Waals surface area contributed by atoms with Crippen molar-refractivity contribution in [3.63, 3.8) is 0 Å². The highest BCUT2D eigenvalue weighted by atomic mass is 15.3. The Hall–Kier alpha value is -3.20. The van der Waals surface area contributed by atoms with Crippen LogP contribution in [0.4, 0.5) is 0 Å². The minimum atomic E-state index is -0.00597. The first-order chi connectivity index (χ1) is 11.8. The molecule has 0 radical (unpaired) electrons. The number of nitriles is 1. The maximum absolute atomic E-state index is 9.19. The lowest BCUT2D eigenvalue weighted by atomic mass is 10.1. The van der Waals surface area contributed by atoms with E-state index in [1.165, 1.54) is 0 Å². The molecule has 1 unspecified atom stereocenters. The van der Waals surface area contributed by atoms with Crippen LogP contribution in [0, 0.1) is 11.5 Å². The molecule has 4 rings (SSSR count). The Morgan fingerprint density at radius 1 is 1.04 bits per heavy atom. The predicted octanol–water partition coefficient (Wildman–Crippen LogP) is 3.15. The van der Waals surface area contributed by atoms with E-state index >= 15 is 0 Å². The number of hydrogen-bond acceptors (Lipinski definition) is 5. The fourth-order valence-electron chi connectivity index (χ4n) is 3.04. The van der Waals surface area contributed by atoms with Crippen molar-refractivity contribution < 1.29 is 0 Å². The lowest BCUT2D eigenvalue weighted by molar-refractivity contribution is 0.360. The highest BCUT2D eigenvalue weighted by Crippen LogP contribution is 2.29. The van der Waals surface area contributed by atoms with Crippen molar-refractivity contribution in [1.29, 1.82) is 5.26 Å². The van der Waals surface area contributed by atoms with Gasteiger partial charge in [-0.1, -0.05) is 36.4 Å². The summed E-state index contributed by atoms with van der Waals surface area (Å²) in [6.07, 6.45) is 4.13. The second-order valence-electron chi connectivity index (χ2n) is 5.77. The number of aromatic nitrogens is 4. The summed E-state index contributed by atoms with van der Waals surface area (Å²) in [5, 5.41) is 16.5. The van der Waals surface area contributed by atoms with Gasteiger partial charge in [-0.25, -0.2) is 9.97 Å². The molecule has 24 heavy (non-hydrogen) atoms. The number of H-pyrrole nitrogens is 1. The average Bonchev–Trinajstić information content (AvgIpc) is 3.31. The fraction of sp³-hybridized carbons (Fsp3) is 0.222. The molecule has 0 bridgehead atoms. The summed E-state index contributed by atoms with van der Waals surface area (Å²) in [4.78, 5) is 11.0. The van der Waals surface area contributed by atoms with Gasteiger partial charge >= 0.3 is 0 Å². The van der Waals surface area contributed by atoms with Crippen LogP contribution in [0.25, 0.3) is 22.8 Å². The second-order valence-corrected chi connectivity index (χ2v) is 5.77. The molecule has 1 atom stereocenters. The third-order valence-electron chi connectivity index (χ3n) is 4.25. The Balaban J connectivity index is 1.65. The van der Waals surface area contributed by atoms with E-state index in [-0.39, 0.29) is 6.04 Å². The largest absolute Gasteiger partial charge is 0.300 e. The normalized spacial score (nSPS) is 17.0. The fourth-order valence-corrected chi connectivity index (χ4v) is 3.04. The average molecular weight is 316 g/mol. The number of nitrogens with one attached hydrogen (secondary N) is 1. The molecule has 3 heterocycles. The molecular formula is C18H16N6. The van der Waals surface area contributed by atoms with Crippen LogP contribution in [0.2, 0.25) is 0 Å². The van der Waals surface area contributed by atoms with Crippen LogP contribution in [0.5, 0.6) is 0 Å². The minimum absolute atomic E-state index is 0.00597. The second kappa shape index (κ2) is 6.13. The number of likely N-dealkylation sites (tertiary alicyclic amines) is 1. The first-order valence-electron chi connectivity index (χ1n) is 7.96. The molecular weight excluding hydrogens is 300 g/mol. The number of rotatable bonds is 3. The highest BCUT2D eigenvalue weighted by Gasteiger charge is 2.28. The molecule has 6 nitrogen and oxygen atoms in total. The molecule has 0 amide bonds. The van der Waals surface area contributed by atoms with Crippen molar-refractivity contribution in [2.45, 2.75) is 18.9 Å². The minimum Gasteiger partial charge on any atom is -0.300 e. The van der Waals surface area contributed by atoms with E-state index in [4.69, 9.17) is 0 Å². The Labute approximate surface area is 139 Å². The summed E-state index contributed by atoms with van der Waals surface area (Å²) in [6, 6.07) is 15.8.